The maximum absolute atomic E-state index is 12.1. The zero-order chi connectivity index (χ0) is 16.4. The molecule has 0 aromatic carbocycles. The normalized spacial score (nSPS) is 25.8. The van der Waals surface area contributed by atoms with E-state index in [0.29, 0.717) is 11.0 Å². The Morgan fingerprint density at radius 3 is 2.83 bits per heavy atom. The SMILES string of the molecule is CC(C)C(=O)Nc1nc(CC(=O)NC[C@@H]2C[C@H]3CC[C@H]2C3)cs1. The molecule has 5 nitrogen and oxygen atoms in total. The van der Waals surface area contributed by atoms with Gasteiger partial charge in [-0.2, -0.15) is 0 Å². The van der Waals surface area contributed by atoms with Crippen molar-refractivity contribution in [1.82, 2.24) is 10.3 Å². The molecule has 0 saturated heterocycles. The van der Waals surface area contributed by atoms with Crippen LogP contribution in [0.5, 0.6) is 0 Å². The summed E-state index contributed by atoms with van der Waals surface area (Å²) in [6.07, 6.45) is 5.67. The molecule has 3 rings (SSSR count). The number of thiazole rings is 1. The summed E-state index contributed by atoms with van der Waals surface area (Å²) in [7, 11) is 0. The molecule has 6 heteroatoms. The number of rotatable bonds is 6. The Morgan fingerprint density at radius 2 is 2.17 bits per heavy atom. The van der Waals surface area contributed by atoms with Crippen LogP contribution in [0.25, 0.3) is 0 Å². The lowest BCUT2D eigenvalue weighted by atomic mass is 9.89. The second-order valence-electron chi connectivity index (χ2n) is 7.20. The molecular weight excluding hydrogens is 310 g/mol. The number of hydrogen-bond acceptors (Lipinski definition) is 4. The summed E-state index contributed by atoms with van der Waals surface area (Å²) < 4.78 is 0. The van der Waals surface area contributed by atoms with Gasteiger partial charge in [0.05, 0.1) is 12.1 Å². The van der Waals surface area contributed by atoms with Crippen molar-refractivity contribution in [1.29, 1.82) is 0 Å². The summed E-state index contributed by atoms with van der Waals surface area (Å²) in [5.41, 5.74) is 0.722. The summed E-state index contributed by atoms with van der Waals surface area (Å²) in [6.45, 7) is 4.49. The van der Waals surface area contributed by atoms with Crippen molar-refractivity contribution in [2.24, 2.45) is 23.7 Å². The van der Waals surface area contributed by atoms with E-state index in [9.17, 15) is 9.59 Å². The summed E-state index contributed by atoms with van der Waals surface area (Å²) in [5.74, 6) is 2.32. The van der Waals surface area contributed by atoms with Crippen molar-refractivity contribution < 1.29 is 9.59 Å². The Balaban J connectivity index is 1.43. The van der Waals surface area contributed by atoms with Crippen LogP contribution in [-0.2, 0) is 16.0 Å². The van der Waals surface area contributed by atoms with Gasteiger partial charge in [-0.15, -0.1) is 11.3 Å². The Morgan fingerprint density at radius 1 is 1.35 bits per heavy atom. The molecule has 1 heterocycles. The first kappa shape index (κ1) is 16.4. The van der Waals surface area contributed by atoms with E-state index >= 15 is 0 Å². The predicted molar refractivity (Wildman–Crippen MR) is 91.2 cm³/mol. The van der Waals surface area contributed by atoms with Crippen molar-refractivity contribution in [3.05, 3.63) is 11.1 Å². The minimum atomic E-state index is -0.0765. The summed E-state index contributed by atoms with van der Waals surface area (Å²) in [4.78, 5) is 28.0. The van der Waals surface area contributed by atoms with E-state index in [0.717, 1.165) is 24.1 Å². The quantitative estimate of drug-likeness (QED) is 0.840. The van der Waals surface area contributed by atoms with Gasteiger partial charge in [-0.25, -0.2) is 4.98 Å². The molecule has 1 aromatic heterocycles. The van der Waals surface area contributed by atoms with Gasteiger partial charge >= 0.3 is 0 Å². The molecule has 1 aromatic rings. The molecule has 0 radical (unpaired) electrons. The summed E-state index contributed by atoms with van der Waals surface area (Å²) in [5, 5.41) is 8.24. The van der Waals surface area contributed by atoms with E-state index in [1.165, 1.54) is 37.0 Å². The molecule has 23 heavy (non-hydrogen) atoms. The highest BCUT2D eigenvalue weighted by Gasteiger charge is 2.39. The fourth-order valence-electron chi connectivity index (χ4n) is 3.79. The van der Waals surface area contributed by atoms with E-state index in [1.54, 1.807) is 0 Å². The molecular formula is C17H25N3O2S. The first-order chi connectivity index (χ1) is 11.0. The lowest BCUT2D eigenvalue weighted by Gasteiger charge is -2.21. The molecule has 2 N–H and O–H groups in total. The van der Waals surface area contributed by atoms with Crippen molar-refractivity contribution in [3.8, 4) is 0 Å². The molecule has 126 valence electrons. The van der Waals surface area contributed by atoms with Gasteiger partial charge in [0.2, 0.25) is 11.8 Å². The monoisotopic (exact) mass is 335 g/mol. The highest BCUT2D eigenvalue weighted by atomic mass is 32.1. The number of nitrogens with zero attached hydrogens (tertiary/aromatic N) is 1. The third-order valence-corrected chi connectivity index (χ3v) is 5.90. The van der Waals surface area contributed by atoms with Gasteiger partial charge < -0.3 is 10.6 Å². The molecule has 3 atom stereocenters. The number of fused-ring (bicyclic) bond motifs is 2. The number of amides is 2. The van der Waals surface area contributed by atoms with E-state index in [-0.39, 0.29) is 24.2 Å². The molecule has 2 amide bonds. The van der Waals surface area contributed by atoms with E-state index < -0.39 is 0 Å². The highest BCUT2D eigenvalue weighted by Crippen LogP contribution is 2.47. The highest BCUT2D eigenvalue weighted by molar-refractivity contribution is 7.13. The standard InChI is InChI=1S/C17H25N3O2S/c1-10(2)16(22)20-17-19-14(9-23-17)7-15(21)18-8-13-6-11-3-4-12(13)5-11/h9-13H,3-8H2,1-2H3,(H,18,21)(H,19,20,22)/t11-,12-,13-/m0/s1. The van der Waals surface area contributed by atoms with Gasteiger partial charge in [0, 0.05) is 17.8 Å². The van der Waals surface area contributed by atoms with Crippen LogP contribution < -0.4 is 10.6 Å². The first-order valence-electron chi connectivity index (χ1n) is 8.53. The van der Waals surface area contributed by atoms with E-state index in [2.05, 4.69) is 15.6 Å². The number of nitrogens with one attached hydrogen (secondary N) is 2. The number of anilines is 1. The zero-order valence-electron chi connectivity index (χ0n) is 13.8. The van der Waals surface area contributed by atoms with Crippen LogP contribution in [0, 0.1) is 23.7 Å². The average Bonchev–Trinajstić information content (AvgIpc) is 3.22. The molecule has 2 fully saturated rings. The third kappa shape index (κ3) is 4.10. The van der Waals surface area contributed by atoms with Crippen LogP contribution in [0.1, 0.15) is 45.2 Å². The predicted octanol–water partition coefficient (Wildman–Crippen LogP) is 2.83. The summed E-state index contributed by atoms with van der Waals surface area (Å²) >= 11 is 1.37. The maximum atomic E-state index is 12.1. The van der Waals surface area contributed by atoms with Crippen LogP contribution in [0.2, 0.25) is 0 Å². The Hall–Kier alpha value is -1.43. The first-order valence-corrected chi connectivity index (χ1v) is 9.41. The van der Waals surface area contributed by atoms with Gasteiger partial charge in [-0.1, -0.05) is 20.3 Å². The van der Waals surface area contributed by atoms with Crippen LogP contribution >= 0.6 is 11.3 Å². The molecule has 2 saturated carbocycles. The molecule has 2 aliphatic rings. The maximum Gasteiger partial charge on any atom is 0.228 e. The Labute approximate surface area is 141 Å². The fraction of sp³-hybridized carbons (Fsp3) is 0.706. The van der Waals surface area contributed by atoms with Gasteiger partial charge in [0.15, 0.2) is 5.13 Å². The lowest BCUT2D eigenvalue weighted by molar-refractivity contribution is -0.121. The molecule has 0 unspecified atom stereocenters. The van der Waals surface area contributed by atoms with Crippen molar-refractivity contribution in [2.75, 3.05) is 11.9 Å². The van der Waals surface area contributed by atoms with Crippen molar-refractivity contribution in [2.45, 2.75) is 46.0 Å². The minimum Gasteiger partial charge on any atom is -0.355 e. The van der Waals surface area contributed by atoms with Crippen LogP contribution in [0.3, 0.4) is 0 Å². The van der Waals surface area contributed by atoms with Crippen molar-refractivity contribution in [3.63, 3.8) is 0 Å². The number of carbonyl (C=O) groups excluding carboxylic acids is 2. The average molecular weight is 335 g/mol. The van der Waals surface area contributed by atoms with Gasteiger partial charge in [-0.05, 0) is 37.0 Å². The second kappa shape index (κ2) is 6.99. The van der Waals surface area contributed by atoms with E-state index in [1.807, 2.05) is 19.2 Å². The van der Waals surface area contributed by atoms with Crippen LogP contribution in [0.4, 0.5) is 5.13 Å². The van der Waals surface area contributed by atoms with E-state index in [4.69, 9.17) is 0 Å². The molecule has 0 aliphatic heterocycles. The Kier molecular flexibility index (Phi) is 4.99. The smallest absolute Gasteiger partial charge is 0.228 e. The topological polar surface area (TPSA) is 71.1 Å². The third-order valence-electron chi connectivity index (χ3n) is 5.09. The lowest BCUT2D eigenvalue weighted by Crippen LogP contribution is -2.32. The molecule has 0 spiro atoms. The Bertz CT molecular complexity index is 584. The second-order valence-corrected chi connectivity index (χ2v) is 8.06. The largest absolute Gasteiger partial charge is 0.355 e. The van der Waals surface area contributed by atoms with Gasteiger partial charge in [-0.3, -0.25) is 9.59 Å². The van der Waals surface area contributed by atoms with Crippen LogP contribution in [0.15, 0.2) is 5.38 Å². The summed E-state index contributed by atoms with van der Waals surface area (Å²) in [6, 6.07) is 0. The minimum absolute atomic E-state index is 0.0276. The number of aromatic nitrogens is 1. The molecule has 2 aliphatic carbocycles. The van der Waals surface area contributed by atoms with Gasteiger partial charge in [0.25, 0.3) is 0 Å². The fourth-order valence-corrected chi connectivity index (χ4v) is 4.51. The van der Waals surface area contributed by atoms with Crippen molar-refractivity contribution >= 4 is 28.3 Å². The van der Waals surface area contributed by atoms with Crippen LogP contribution in [-0.4, -0.2) is 23.3 Å². The number of hydrogen-bond donors (Lipinski definition) is 2. The zero-order valence-corrected chi connectivity index (χ0v) is 14.6. The van der Waals surface area contributed by atoms with Gasteiger partial charge in [0.1, 0.15) is 0 Å². The number of carbonyl (C=O) groups is 2. The molecule has 2 bridgehead atoms.